The lowest BCUT2D eigenvalue weighted by molar-refractivity contribution is -0.313. The van der Waals surface area contributed by atoms with Crippen molar-refractivity contribution in [2.75, 3.05) is 0 Å². The lowest BCUT2D eigenvalue weighted by atomic mass is 10.0. The van der Waals surface area contributed by atoms with E-state index in [2.05, 4.69) is 0 Å². The van der Waals surface area contributed by atoms with Gasteiger partial charge < -0.3 is 9.90 Å². The van der Waals surface area contributed by atoms with E-state index in [9.17, 15) is 47.3 Å². The van der Waals surface area contributed by atoms with Crippen LogP contribution in [0.5, 0.6) is 0 Å². The quantitative estimate of drug-likeness (QED) is 0.212. The molecule has 31 heavy (non-hydrogen) atoms. The molecular formula is C18H16N2O10S. The minimum absolute atomic E-state index is 0.00712. The summed E-state index contributed by atoms with van der Waals surface area (Å²) >= 11 is 0. The summed E-state index contributed by atoms with van der Waals surface area (Å²) < 4.78 is 32.0. The molecule has 1 atom stereocenters. The molecule has 1 unspecified atom stereocenters. The Morgan fingerprint density at radius 1 is 1.03 bits per heavy atom. The first-order valence-corrected chi connectivity index (χ1v) is 10.3. The van der Waals surface area contributed by atoms with E-state index >= 15 is 0 Å². The summed E-state index contributed by atoms with van der Waals surface area (Å²) in [4.78, 5) is 56.2. The molecule has 0 bridgehead atoms. The van der Waals surface area contributed by atoms with Crippen molar-refractivity contribution < 1.29 is 47.3 Å². The Hall–Kier alpha value is -3.26. The second kappa shape index (κ2) is 7.46. The van der Waals surface area contributed by atoms with Crippen molar-refractivity contribution in [1.82, 2.24) is 9.55 Å². The van der Waals surface area contributed by atoms with Gasteiger partial charge in [-0.3, -0.25) is 19.0 Å². The van der Waals surface area contributed by atoms with Crippen LogP contribution in [0.15, 0.2) is 36.4 Å². The highest BCUT2D eigenvalue weighted by atomic mass is 32.2. The van der Waals surface area contributed by atoms with Crippen molar-refractivity contribution in [2.24, 2.45) is 0 Å². The SMILES string of the molecule is O=C1CCC(=O)N1C(CCc1ccc([N+]2(O)C(=O)C=CC2=O)cc1)(C(=O)[O-])S(=O)(=O)O. The highest BCUT2D eigenvalue weighted by Crippen LogP contribution is 2.33. The lowest BCUT2D eigenvalue weighted by Crippen LogP contribution is -2.66. The first-order valence-electron chi connectivity index (χ1n) is 8.88. The highest BCUT2D eigenvalue weighted by Gasteiger charge is 2.56. The molecule has 0 saturated carbocycles. The minimum atomic E-state index is -5.51. The van der Waals surface area contributed by atoms with E-state index < -0.39 is 68.5 Å². The van der Waals surface area contributed by atoms with E-state index in [1.165, 1.54) is 24.3 Å². The van der Waals surface area contributed by atoms with Gasteiger partial charge in [0.2, 0.25) is 16.7 Å². The molecule has 12 nitrogen and oxygen atoms in total. The Morgan fingerprint density at radius 2 is 1.52 bits per heavy atom. The van der Waals surface area contributed by atoms with Crippen LogP contribution in [0, 0.1) is 0 Å². The standard InChI is InChI=1S/C18H16N2O10S/c21-13-5-6-14(22)19(13)18(17(25)26,31(28,29)30)10-9-11-1-3-12(4-2-11)20(27)15(23)7-8-16(20)24/h1-4,7-8,27H,5-6,9-10H2,(H-,25,26,28,29,30). The van der Waals surface area contributed by atoms with Crippen LogP contribution in [0.25, 0.3) is 0 Å². The number of carboxylic acids is 1. The molecule has 1 aromatic carbocycles. The zero-order valence-electron chi connectivity index (χ0n) is 15.8. The van der Waals surface area contributed by atoms with Crippen molar-refractivity contribution in [3.63, 3.8) is 0 Å². The highest BCUT2D eigenvalue weighted by molar-refractivity contribution is 7.88. The second-order valence-corrected chi connectivity index (χ2v) is 8.61. The maximum atomic E-state index is 12.0. The molecule has 1 aromatic rings. The Bertz CT molecular complexity index is 1100. The molecule has 0 aromatic heterocycles. The molecule has 1 saturated heterocycles. The fourth-order valence-corrected chi connectivity index (χ4v) is 4.55. The average molecular weight is 452 g/mol. The summed E-state index contributed by atoms with van der Waals surface area (Å²) in [7, 11) is -5.51. The topological polar surface area (TPSA) is 186 Å². The summed E-state index contributed by atoms with van der Waals surface area (Å²) in [5.74, 6) is -6.29. The smallest absolute Gasteiger partial charge is 0.384 e. The lowest BCUT2D eigenvalue weighted by Gasteiger charge is -2.38. The minimum Gasteiger partial charge on any atom is -0.546 e. The van der Waals surface area contributed by atoms with Gasteiger partial charge in [0.05, 0.1) is 18.1 Å². The molecule has 2 N–H and O–H groups in total. The molecule has 0 radical (unpaired) electrons. The molecule has 4 amide bonds. The van der Waals surface area contributed by atoms with E-state index in [4.69, 9.17) is 0 Å². The molecule has 2 heterocycles. The summed E-state index contributed by atoms with van der Waals surface area (Å²) in [5.41, 5.74) is 0.144. The number of aliphatic carboxylic acids is 1. The van der Waals surface area contributed by atoms with Crippen LogP contribution in [0.1, 0.15) is 24.8 Å². The Labute approximate surface area is 175 Å². The maximum absolute atomic E-state index is 12.0. The molecule has 164 valence electrons. The number of hydrogen-bond donors (Lipinski definition) is 2. The number of rotatable bonds is 7. The number of quaternary nitrogens is 1. The van der Waals surface area contributed by atoms with Gasteiger partial charge in [-0.1, -0.05) is 12.1 Å². The number of carboxylic acid groups (broad SMARTS) is 1. The second-order valence-electron chi connectivity index (χ2n) is 6.98. The number of likely N-dealkylation sites (tertiary alicyclic amines) is 1. The Balaban J connectivity index is 1.92. The van der Waals surface area contributed by atoms with Crippen LogP contribution in [0.2, 0.25) is 0 Å². The van der Waals surface area contributed by atoms with Gasteiger partial charge in [-0.15, -0.1) is 0 Å². The van der Waals surface area contributed by atoms with Crippen molar-refractivity contribution in [3.05, 3.63) is 42.0 Å². The Morgan fingerprint density at radius 3 is 1.94 bits per heavy atom. The predicted octanol–water partition coefficient (Wildman–Crippen LogP) is -1.58. The molecule has 2 aliphatic rings. The fraction of sp³-hybridized carbons (Fsp3) is 0.278. The largest absolute Gasteiger partial charge is 0.546 e. The maximum Gasteiger partial charge on any atom is 0.384 e. The van der Waals surface area contributed by atoms with Gasteiger partial charge in [0.25, 0.3) is 10.1 Å². The average Bonchev–Trinajstić information content (AvgIpc) is 3.16. The third-order valence-electron chi connectivity index (χ3n) is 5.23. The van der Waals surface area contributed by atoms with Gasteiger partial charge in [0, 0.05) is 25.0 Å². The van der Waals surface area contributed by atoms with Crippen molar-refractivity contribution in [1.29, 1.82) is 0 Å². The summed E-state index contributed by atoms with van der Waals surface area (Å²) in [6, 6.07) is 4.95. The number of hydrogen-bond acceptors (Lipinski definition) is 9. The molecule has 3 rings (SSSR count). The number of carbonyl (C=O) groups excluding carboxylic acids is 5. The number of hydroxylamine groups is 2. The van der Waals surface area contributed by atoms with Crippen LogP contribution in [0.3, 0.4) is 0 Å². The van der Waals surface area contributed by atoms with E-state index in [1.54, 1.807) is 0 Å². The van der Waals surface area contributed by atoms with E-state index in [1.807, 2.05) is 0 Å². The zero-order chi connectivity index (χ0) is 23.2. The van der Waals surface area contributed by atoms with E-state index in [0.717, 1.165) is 12.2 Å². The van der Waals surface area contributed by atoms with Gasteiger partial charge in [-0.05, 0) is 23.1 Å². The van der Waals surface area contributed by atoms with Crippen LogP contribution in [-0.4, -0.2) is 57.5 Å². The monoisotopic (exact) mass is 452 g/mol. The van der Waals surface area contributed by atoms with E-state index in [0.29, 0.717) is 0 Å². The van der Waals surface area contributed by atoms with E-state index in [-0.39, 0.29) is 22.6 Å². The Kier molecular flexibility index (Phi) is 5.40. The summed E-state index contributed by atoms with van der Waals surface area (Å²) in [6.45, 7) is 0. The number of benzene rings is 1. The summed E-state index contributed by atoms with van der Waals surface area (Å²) in [5, 5.41) is 22.1. The zero-order valence-corrected chi connectivity index (χ0v) is 16.6. The molecule has 0 spiro atoms. The molecule has 13 heteroatoms. The molecular weight excluding hydrogens is 436 g/mol. The number of carbonyl (C=O) groups is 5. The number of nitrogens with zero attached hydrogens (tertiary/aromatic N) is 2. The first kappa shape index (κ1) is 22.4. The number of aryl methyl sites for hydroxylation is 1. The van der Waals surface area contributed by atoms with Gasteiger partial charge >= 0.3 is 11.8 Å². The van der Waals surface area contributed by atoms with Crippen molar-refractivity contribution in [3.8, 4) is 0 Å². The predicted molar refractivity (Wildman–Crippen MR) is 97.9 cm³/mol. The number of imide groups is 2. The first-order chi connectivity index (χ1) is 14.4. The van der Waals surface area contributed by atoms with Gasteiger partial charge in [0.15, 0.2) is 5.69 Å². The molecule has 0 aliphatic carbocycles. The molecule has 2 aliphatic heterocycles. The fourth-order valence-electron chi connectivity index (χ4n) is 3.55. The summed E-state index contributed by atoms with van der Waals surface area (Å²) in [6.07, 6.45) is -0.295. The number of amides is 4. The van der Waals surface area contributed by atoms with Crippen LogP contribution in [0.4, 0.5) is 5.69 Å². The van der Waals surface area contributed by atoms with Crippen molar-refractivity contribution >= 4 is 45.4 Å². The van der Waals surface area contributed by atoms with Crippen LogP contribution >= 0.6 is 0 Å². The van der Waals surface area contributed by atoms with Crippen LogP contribution in [-0.2, 0) is 40.5 Å². The van der Waals surface area contributed by atoms with Crippen molar-refractivity contribution in [2.45, 2.75) is 30.6 Å². The van der Waals surface area contributed by atoms with Gasteiger partial charge in [0.1, 0.15) is 0 Å². The molecule has 1 fully saturated rings. The van der Waals surface area contributed by atoms with Crippen LogP contribution < -0.4 is 9.75 Å². The third kappa shape index (κ3) is 3.37. The third-order valence-corrected chi connectivity index (χ3v) is 6.63. The van der Waals surface area contributed by atoms with Gasteiger partial charge in [-0.2, -0.15) is 13.6 Å². The normalized spacial score (nSPS) is 20.4. The van der Waals surface area contributed by atoms with Gasteiger partial charge in [-0.25, -0.2) is 9.59 Å².